The van der Waals surface area contributed by atoms with Gasteiger partial charge in [0, 0.05) is 63.9 Å². The van der Waals surface area contributed by atoms with Crippen LogP contribution in [0.5, 0.6) is 0 Å². The second-order valence-corrected chi connectivity index (χ2v) is 14.1. The number of piperazine rings is 1. The van der Waals surface area contributed by atoms with E-state index >= 15 is 0 Å². The van der Waals surface area contributed by atoms with Crippen LogP contribution in [0.1, 0.15) is 80.5 Å². The summed E-state index contributed by atoms with van der Waals surface area (Å²) in [5.74, 6) is 0.295. The molecule has 6 rings (SSSR count). The average Bonchev–Trinajstić information content (AvgIpc) is 3.68. The number of amides is 2. The fraction of sp³-hybridized carbons (Fsp3) is 0.541. The van der Waals surface area contributed by atoms with Gasteiger partial charge in [0.15, 0.2) is 5.69 Å². The van der Waals surface area contributed by atoms with Gasteiger partial charge in [0.2, 0.25) is 0 Å². The van der Waals surface area contributed by atoms with Crippen molar-refractivity contribution in [2.45, 2.75) is 83.6 Å². The van der Waals surface area contributed by atoms with Gasteiger partial charge < -0.3 is 23.8 Å². The van der Waals surface area contributed by atoms with Gasteiger partial charge in [-0.25, -0.2) is 9.78 Å². The molecule has 3 heterocycles. The number of hydrogen-bond donors (Lipinski definition) is 0. The Morgan fingerprint density at radius 2 is 1.63 bits per heavy atom. The molecule has 2 aliphatic heterocycles. The first kappa shape index (κ1) is 32.3. The third-order valence-corrected chi connectivity index (χ3v) is 9.73. The first-order chi connectivity index (χ1) is 22.2. The van der Waals surface area contributed by atoms with E-state index in [-0.39, 0.29) is 24.1 Å². The van der Waals surface area contributed by atoms with E-state index in [4.69, 9.17) is 14.5 Å². The Labute approximate surface area is 273 Å². The lowest BCUT2D eigenvalue weighted by Gasteiger charge is -2.42. The SMILES string of the molecule is COC[C@@H]1CCCC[C@H]1n1cnc(C(=O)N2CCN(C(=O)OC(C)(C)C)C[C@H]2CCN2Cc3ccccc3C2)c1-c1ccccc1. The zero-order chi connectivity index (χ0) is 32.3. The third kappa shape index (κ3) is 7.15. The van der Waals surface area contributed by atoms with Crippen LogP contribution >= 0.6 is 0 Å². The van der Waals surface area contributed by atoms with Gasteiger partial charge in [-0.3, -0.25) is 9.69 Å². The highest BCUT2D eigenvalue weighted by molar-refractivity contribution is 5.98. The summed E-state index contributed by atoms with van der Waals surface area (Å²) in [5, 5.41) is 0. The van der Waals surface area contributed by atoms with Crippen molar-refractivity contribution in [2.75, 3.05) is 39.9 Å². The van der Waals surface area contributed by atoms with E-state index in [9.17, 15) is 9.59 Å². The Kier molecular flexibility index (Phi) is 9.80. The molecule has 1 aromatic heterocycles. The molecule has 3 aliphatic rings. The van der Waals surface area contributed by atoms with Gasteiger partial charge in [-0.05, 0) is 51.2 Å². The molecule has 0 spiro atoms. The van der Waals surface area contributed by atoms with E-state index < -0.39 is 5.60 Å². The van der Waals surface area contributed by atoms with Crippen LogP contribution in [-0.4, -0.2) is 87.8 Å². The van der Waals surface area contributed by atoms with Crippen molar-refractivity contribution in [2.24, 2.45) is 5.92 Å². The number of carbonyl (C=O) groups is 2. The summed E-state index contributed by atoms with van der Waals surface area (Å²) >= 11 is 0. The Balaban J connectivity index is 1.28. The van der Waals surface area contributed by atoms with Crippen LogP contribution in [0.3, 0.4) is 0 Å². The fourth-order valence-corrected chi connectivity index (χ4v) is 7.51. The molecule has 246 valence electrons. The maximum atomic E-state index is 14.7. The highest BCUT2D eigenvalue weighted by Crippen LogP contribution is 2.38. The largest absolute Gasteiger partial charge is 0.444 e. The highest BCUT2D eigenvalue weighted by atomic mass is 16.6. The molecule has 0 N–H and O–H groups in total. The normalized spacial score (nSPS) is 22.1. The van der Waals surface area contributed by atoms with E-state index in [0.29, 0.717) is 37.9 Å². The predicted octanol–water partition coefficient (Wildman–Crippen LogP) is 6.40. The highest BCUT2D eigenvalue weighted by Gasteiger charge is 2.38. The Morgan fingerprint density at radius 3 is 2.33 bits per heavy atom. The molecule has 46 heavy (non-hydrogen) atoms. The predicted molar refractivity (Wildman–Crippen MR) is 178 cm³/mol. The number of imidazole rings is 1. The van der Waals surface area contributed by atoms with E-state index in [1.54, 1.807) is 12.0 Å². The molecular weight excluding hydrogens is 578 g/mol. The quantitative estimate of drug-likeness (QED) is 0.288. The van der Waals surface area contributed by atoms with Gasteiger partial charge in [0.25, 0.3) is 5.91 Å². The van der Waals surface area contributed by atoms with Crippen LogP contribution < -0.4 is 0 Å². The molecule has 2 aromatic carbocycles. The number of methoxy groups -OCH3 is 1. The topological polar surface area (TPSA) is 80.1 Å². The van der Waals surface area contributed by atoms with Crippen LogP contribution in [0, 0.1) is 5.92 Å². The summed E-state index contributed by atoms with van der Waals surface area (Å²) in [6, 6.07) is 18.8. The van der Waals surface area contributed by atoms with Crippen LogP contribution in [0.4, 0.5) is 4.79 Å². The number of fused-ring (bicyclic) bond motifs is 1. The Bertz CT molecular complexity index is 1470. The van der Waals surface area contributed by atoms with Crippen molar-refractivity contribution in [3.05, 3.63) is 77.7 Å². The van der Waals surface area contributed by atoms with Gasteiger partial charge in [-0.15, -0.1) is 0 Å². The van der Waals surface area contributed by atoms with Crippen molar-refractivity contribution in [1.82, 2.24) is 24.3 Å². The van der Waals surface area contributed by atoms with E-state index in [0.717, 1.165) is 56.6 Å². The average molecular weight is 628 g/mol. The monoisotopic (exact) mass is 627 g/mol. The van der Waals surface area contributed by atoms with Crippen molar-refractivity contribution < 1.29 is 19.1 Å². The molecule has 9 nitrogen and oxygen atoms in total. The van der Waals surface area contributed by atoms with Crippen molar-refractivity contribution >= 4 is 12.0 Å². The minimum absolute atomic E-state index is 0.0738. The summed E-state index contributed by atoms with van der Waals surface area (Å²) in [7, 11) is 1.77. The third-order valence-electron chi connectivity index (χ3n) is 9.73. The number of hydrogen-bond acceptors (Lipinski definition) is 6. The second kappa shape index (κ2) is 14.0. The van der Waals surface area contributed by atoms with Gasteiger partial charge in [-0.1, -0.05) is 67.4 Å². The van der Waals surface area contributed by atoms with Crippen molar-refractivity contribution in [3.8, 4) is 11.3 Å². The zero-order valence-electron chi connectivity index (χ0n) is 27.9. The first-order valence-corrected chi connectivity index (χ1v) is 16.9. The molecule has 0 radical (unpaired) electrons. The van der Waals surface area contributed by atoms with Gasteiger partial charge in [0.05, 0.1) is 24.7 Å². The molecule has 1 saturated heterocycles. The molecule has 3 atom stereocenters. The number of ether oxygens (including phenoxy) is 2. The molecular formula is C37H49N5O4. The van der Waals surface area contributed by atoms with Crippen LogP contribution in [0.25, 0.3) is 11.3 Å². The number of nitrogens with zero attached hydrogens (tertiary/aromatic N) is 5. The minimum Gasteiger partial charge on any atom is -0.444 e. The molecule has 9 heteroatoms. The van der Waals surface area contributed by atoms with Gasteiger partial charge >= 0.3 is 6.09 Å². The molecule has 2 amide bonds. The van der Waals surface area contributed by atoms with Crippen LogP contribution in [0.15, 0.2) is 60.9 Å². The molecule has 3 aromatic rings. The maximum absolute atomic E-state index is 14.7. The number of aromatic nitrogens is 2. The van der Waals surface area contributed by atoms with Gasteiger partial charge in [-0.2, -0.15) is 0 Å². The number of carbonyl (C=O) groups excluding carboxylic acids is 2. The molecule has 0 bridgehead atoms. The summed E-state index contributed by atoms with van der Waals surface area (Å²) in [6.07, 6.45) is 6.78. The second-order valence-electron chi connectivity index (χ2n) is 14.1. The lowest BCUT2D eigenvalue weighted by atomic mass is 9.84. The van der Waals surface area contributed by atoms with Crippen molar-refractivity contribution in [3.63, 3.8) is 0 Å². The fourth-order valence-electron chi connectivity index (χ4n) is 7.51. The summed E-state index contributed by atoms with van der Waals surface area (Å²) in [4.78, 5) is 38.9. The summed E-state index contributed by atoms with van der Waals surface area (Å²) in [5.41, 5.74) is 4.49. The van der Waals surface area contributed by atoms with Crippen molar-refractivity contribution in [1.29, 1.82) is 0 Å². The van der Waals surface area contributed by atoms with E-state index in [1.165, 1.54) is 17.5 Å². The van der Waals surface area contributed by atoms with E-state index in [2.05, 4.69) is 45.9 Å². The summed E-state index contributed by atoms with van der Waals surface area (Å²) in [6.45, 7) is 10.3. The number of rotatable bonds is 8. The Morgan fingerprint density at radius 1 is 0.935 bits per heavy atom. The Hall–Kier alpha value is -3.69. The first-order valence-electron chi connectivity index (χ1n) is 16.9. The van der Waals surface area contributed by atoms with Gasteiger partial charge in [0.1, 0.15) is 5.60 Å². The maximum Gasteiger partial charge on any atom is 0.410 e. The van der Waals surface area contributed by atoms with E-state index in [1.807, 2.05) is 50.2 Å². The molecule has 1 aliphatic carbocycles. The number of benzene rings is 2. The smallest absolute Gasteiger partial charge is 0.410 e. The molecule has 0 unspecified atom stereocenters. The molecule has 2 fully saturated rings. The lowest BCUT2D eigenvalue weighted by Crippen LogP contribution is -2.57. The lowest BCUT2D eigenvalue weighted by molar-refractivity contribution is 0.00233. The zero-order valence-corrected chi connectivity index (χ0v) is 27.9. The van der Waals surface area contributed by atoms with Crippen LogP contribution in [0.2, 0.25) is 0 Å². The standard InChI is InChI=1S/C37H49N5O4/c1-37(2,3)46-36(44)40-20-21-41(31(24-40)18-19-39-22-28-14-8-9-15-29(28)23-39)35(43)33-34(27-12-6-5-7-13-27)42(26-38-33)32-17-11-10-16-30(32)25-45-4/h5-9,12-15,26,30-32H,10-11,16-25H2,1-4H3/t30-,31+,32+/m0/s1. The molecule has 1 saturated carbocycles. The minimum atomic E-state index is -0.585. The van der Waals surface area contributed by atoms with Crippen LogP contribution in [-0.2, 0) is 22.6 Å². The summed E-state index contributed by atoms with van der Waals surface area (Å²) < 4.78 is 13.6.